The summed E-state index contributed by atoms with van der Waals surface area (Å²) >= 11 is 0. The Kier molecular flexibility index (Phi) is 4.56. The molecule has 2 amide bonds. The number of aromatic nitrogens is 5. The second-order valence-corrected chi connectivity index (χ2v) is 10.9. The minimum absolute atomic E-state index is 0.0365. The van der Waals surface area contributed by atoms with Gasteiger partial charge in [0, 0.05) is 31.7 Å². The monoisotopic (exact) mass is 467 g/mol. The molecule has 4 bridgehead atoms. The molecule has 0 spiro atoms. The van der Waals surface area contributed by atoms with Crippen molar-refractivity contribution in [3.8, 4) is 0 Å². The number of ether oxygens (including phenoxy) is 1. The van der Waals surface area contributed by atoms with Gasteiger partial charge in [0.2, 0.25) is 0 Å². The van der Waals surface area contributed by atoms with Crippen LogP contribution in [0.3, 0.4) is 0 Å². The number of anilines is 1. The fourth-order valence-electron chi connectivity index (χ4n) is 7.47. The van der Waals surface area contributed by atoms with Gasteiger partial charge in [-0.3, -0.25) is 19.6 Å². The predicted molar refractivity (Wildman–Crippen MR) is 123 cm³/mol. The maximum atomic E-state index is 12.6. The number of rotatable bonds is 5. The highest BCUT2D eigenvalue weighted by Crippen LogP contribution is 2.65. The number of hydrogen-bond acceptors (Lipinski definition) is 7. The number of hydrogen-bond donors (Lipinski definition) is 4. The van der Waals surface area contributed by atoms with Crippen LogP contribution in [0.2, 0.25) is 0 Å². The maximum absolute atomic E-state index is 12.6. The van der Waals surface area contributed by atoms with Crippen LogP contribution in [0.4, 0.5) is 5.82 Å². The molecule has 4 atom stereocenters. The third-order valence-electron chi connectivity index (χ3n) is 7.86. The van der Waals surface area contributed by atoms with Gasteiger partial charge < -0.3 is 20.1 Å². The van der Waals surface area contributed by atoms with Crippen molar-refractivity contribution in [1.82, 2.24) is 30.3 Å². The van der Waals surface area contributed by atoms with Crippen molar-refractivity contribution in [1.29, 1.82) is 0 Å². The number of fused-ring (bicyclic) bond motifs is 3. The molecule has 180 valence electrons. The van der Waals surface area contributed by atoms with Gasteiger partial charge in [0.05, 0.1) is 17.7 Å². The zero-order chi connectivity index (χ0) is 23.7. The summed E-state index contributed by atoms with van der Waals surface area (Å²) in [4.78, 5) is 28.0. The number of nitrogens with one attached hydrogen (secondary N) is 3. The van der Waals surface area contributed by atoms with E-state index >= 15 is 0 Å². The highest BCUT2D eigenvalue weighted by Gasteiger charge is 2.63. The number of carbonyl (C=O) groups is 2. The fourth-order valence-corrected chi connectivity index (χ4v) is 7.47. The van der Waals surface area contributed by atoms with E-state index in [0.717, 1.165) is 43.0 Å². The lowest BCUT2D eigenvalue weighted by Gasteiger charge is -2.64. The quantitative estimate of drug-likeness (QED) is 0.328. The van der Waals surface area contributed by atoms with Crippen LogP contribution in [0.25, 0.3) is 22.1 Å². The topological polar surface area (TPSA) is 147 Å². The van der Waals surface area contributed by atoms with Crippen molar-refractivity contribution in [3.63, 3.8) is 0 Å². The highest BCUT2D eigenvalue weighted by atomic mass is 16.5. The lowest BCUT2D eigenvalue weighted by atomic mass is 9.46. The van der Waals surface area contributed by atoms with Crippen LogP contribution < -0.4 is 10.6 Å². The Balaban J connectivity index is 1.45. The van der Waals surface area contributed by atoms with Gasteiger partial charge in [-0.05, 0) is 49.5 Å². The summed E-state index contributed by atoms with van der Waals surface area (Å²) in [5.41, 5.74) is 0.744. The third kappa shape index (κ3) is 3.21. The lowest BCUT2D eigenvalue weighted by Crippen LogP contribution is -2.63. The Morgan fingerprint density at radius 3 is 2.85 bits per heavy atom. The van der Waals surface area contributed by atoms with Gasteiger partial charge in [0.25, 0.3) is 0 Å². The molecule has 2 unspecified atom stereocenters. The molecule has 3 heterocycles. The standard InChI is InChI=1S/C23H29N7O4/c1-21-7-13-8-22(10-21,12-23(33,9-13)11-21)30-16-14-3-4-24-17(14)28-27-15(16)18(29-30)26-20(32)19(31)25-5-6-34-2/h3-4,13,33H,5-12H2,1-2H3,(H,24,28)(H,25,31)(H,26,29,32)/t13-,21+,22?,23?/m1/s1. The molecule has 4 aliphatic rings. The lowest BCUT2D eigenvalue weighted by molar-refractivity contribution is -0.189. The fraction of sp³-hybridized carbons (Fsp3) is 0.609. The van der Waals surface area contributed by atoms with Crippen LogP contribution in [-0.2, 0) is 19.9 Å². The zero-order valence-corrected chi connectivity index (χ0v) is 19.3. The Hall–Kier alpha value is -3.05. The first-order valence-corrected chi connectivity index (χ1v) is 11.8. The second-order valence-electron chi connectivity index (χ2n) is 10.9. The van der Waals surface area contributed by atoms with E-state index in [4.69, 9.17) is 9.84 Å². The van der Waals surface area contributed by atoms with Crippen LogP contribution in [0.15, 0.2) is 12.3 Å². The van der Waals surface area contributed by atoms with Crippen molar-refractivity contribution < 1.29 is 19.4 Å². The molecule has 0 saturated heterocycles. The Bertz CT molecular complexity index is 1300. The Labute approximate surface area is 195 Å². The van der Waals surface area contributed by atoms with Gasteiger partial charge in [-0.25, -0.2) is 0 Å². The SMILES string of the molecule is COCCNC(=O)C(=O)Nc1nn(C23C[C@@H]4CC(O)(C2)C[C@@](C)(C4)C3)c2c1nnc1[nH]ccc12. The minimum atomic E-state index is -0.824. The van der Waals surface area contributed by atoms with Gasteiger partial charge in [-0.1, -0.05) is 6.92 Å². The summed E-state index contributed by atoms with van der Waals surface area (Å²) in [6.07, 6.45) is 6.97. The average Bonchev–Trinajstić information content (AvgIpc) is 3.36. The molecule has 0 aromatic carbocycles. The molecule has 3 aromatic heterocycles. The average molecular weight is 468 g/mol. The molecular formula is C23H29N7O4. The Morgan fingerprint density at radius 2 is 2.09 bits per heavy atom. The van der Waals surface area contributed by atoms with E-state index in [1.807, 2.05) is 10.7 Å². The third-order valence-corrected chi connectivity index (χ3v) is 7.86. The molecule has 3 aromatic rings. The molecule has 11 heteroatoms. The number of nitrogens with zero attached hydrogens (tertiary/aromatic N) is 4. The smallest absolute Gasteiger partial charge is 0.314 e. The molecule has 11 nitrogen and oxygen atoms in total. The number of H-pyrrole nitrogens is 1. The first-order chi connectivity index (χ1) is 16.2. The number of aliphatic hydroxyl groups is 1. The second kappa shape index (κ2) is 7.22. The van der Waals surface area contributed by atoms with Gasteiger partial charge in [0.15, 0.2) is 17.0 Å². The molecule has 4 fully saturated rings. The molecular weight excluding hydrogens is 438 g/mol. The minimum Gasteiger partial charge on any atom is -0.390 e. The van der Waals surface area contributed by atoms with E-state index in [1.54, 1.807) is 6.20 Å². The summed E-state index contributed by atoms with van der Waals surface area (Å²) in [6, 6.07) is 1.92. The summed E-state index contributed by atoms with van der Waals surface area (Å²) < 4.78 is 6.89. The van der Waals surface area contributed by atoms with Crippen molar-refractivity contribution >= 4 is 39.7 Å². The van der Waals surface area contributed by atoms with Crippen molar-refractivity contribution in [3.05, 3.63) is 12.3 Å². The largest absolute Gasteiger partial charge is 0.390 e. The number of methoxy groups -OCH3 is 1. The van der Waals surface area contributed by atoms with Crippen LogP contribution in [0, 0.1) is 11.3 Å². The van der Waals surface area contributed by atoms with Crippen molar-refractivity contribution in [2.24, 2.45) is 11.3 Å². The maximum Gasteiger partial charge on any atom is 0.314 e. The summed E-state index contributed by atoms with van der Waals surface area (Å²) in [7, 11) is 1.52. The molecule has 4 aliphatic carbocycles. The van der Waals surface area contributed by atoms with E-state index in [2.05, 4.69) is 32.7 Å². The normalized spacial score (nSPS) is 31.9. The van der Waals surface area contributed by atoms with Gasteiger partial charge in [0.1, 0.15) is 5.52 Å². The molecule has 0 aliphatic heterocycles. The molecule has 34 heavy (non-hydrogen) atoms. The van der Waals surface area contributed by atoms with Gasteiger partial charge in [-0.2, -0.15) is 5.10 Å². The molecule has 0 radical (unpaired) electrons. The van der Waals surface area contributed by atoms with E-state index in [1.165, 1.54) is 7.11 Å². The molecule has 7 rings (SSSR count). The number of aromatic amines is 1. The van der Waals surface area contributed by atoms with Crippen molar-refractivity contribution in [2.45, 2.75) is 56.6 Å². The summed E-state index contributed by atoms with van der Waals surface area (Å²) in [5, 5.41) is 30.9. The Morgan fingerprint density at radius 1 is 1.24 bits per heavy atom. The molecule has 4 N–H and O–H groups in total. The van der Waals surface area contributed by atoms with E-state index in [9.17, 15) is 14.7 Å². The van der Waals surface area contributed by atoms with Gasteiger partial charge >= 0.3 is 11.8 Å². The summed E-state index contributed by atoms with van der Waals surface area (Å²) in [5.74, 6) is -0.973. The van der Waals surface area contributed by atoms with Crippen LogP contribution in [-0.4, -0.2) is 67.7 Å². The first kappa shape index (κ1) is 21.5. The van der Waals surface area contributed by atoms with Crippen LogP contribution >= 0.6 is 0 Å². The summed E-state index contributed by atoms with van der Waals surface area (Å²) in [6.45, 7) is 2.80. The zero-order valence-electron chi connectivity index (χ0n) is 19.3. The van der Waals surface area contributed by atoms with E-state index in [0.29, 0.717) is 30.1 Å². The number of amides is 2. The van der Waals surface area contributed by atoms with Crippen LogP contribution in [0.1, 0.15) is 45.4 Å². The predicted octanol–water partition coefficient (Wildman–Crippen LogP) is 1.44. The van der Waals surface area contributed by atoms with E-state index in [-0.39, 0.29) is 17.8 Å². The number of carbonyl (C=O) groups excluding carboxylic acids is 2. The van der Waals surface area contributed by atoms with Gasteiger partial charge in [-0.15, -0.1) is 10.2 Å². The van der Waals surface area contributed by atoms with Crippen LogP contribution in [0.5, 0.6) is 0 Å². The van der Waals surface area contributed by atoms with Crippen molar-refractivity contribution in [2.75, 3.05) is 25.6 Å². The molecule has 4 saturated carbocycles. The first-order valence-electron chi connectivity index (χ1n) is 11.8. The highest BCUT2D eigenvalue weighted by molar-refractivity contribution is 6.40. The van der Waals surface area contributed by atoms with E-state index < -0.39 is 23.0 Å².